The average Bonchev–Trinajstić information content (AvgIpc) is 2.93. The first kappa shape index (κ1) is 18.2. The fourth-order valence-electron chi connectivity index (χ4n) is 3.42. The Morgan fingerprint density at radius 3 is 2.64 bits per heavy atom. The van der Waals surface area contributed by atoms with Crippen molar-refractivity contribution in [2.45, 2.75) is 19.4 Å². The van der Waals surface area contributed by atoms with Gasteiger partial charge >= 0.3 is 6.03 Å². The molecule has 7 heteroatoms. The Kier molecular flexibility index (Phi) is 4.58. The monoisotopic (exact) mass is 382 g/mol. The van der Waals surface area contributed by atoms with Gasteiger partial charge in [0.25, 0.3) is 5.91 Å². The molecular formula is C21H22N2O5. The molecule has 1 fully saturated rings. The summed E-state index contributed by atoms with van der Waals surface area (Å²) in [5.41, 5.74) is 0.494. The maximum Gasteiger partial charge on any atom is 0.325 e. The molecule has 28 heavy (non-hydrogen) atoms. The number of imide groups is 1. The van der Waals surface area contributed by atoms with Crippen molar-refractivity contribution in [2.75, 3.05) is 26.4 Å². The molecule has 1 N–H and O–H groups in total. The molecule has 0 aliphatic carbocycles. The SMILES string of the molecule is Cc1ccccc1OCCN1C(=O)N[C@](C)(c2ccc3c(c2)OCCO3)C1=O. The molecule has 1 atom stereocenters. The van der Waals surface area contributed by atoms with Gasteiger partial charge in [-0.1, -0.05) is 24.3 Å². The summed E-state index contributed by atoms with van der Waals surface area (Å²) in [5.74, 6) is 1.64. The van der Waals surface area contributed by atoms with Gasteiger partial charge in [-0.15, -0.1) is 0 Å². The molecule has 0 spiro atoms. The van der Waals surface area contributed by atoms with E-state index in [1.807, 2.05) is 31.2 Å². The van der Waals surface area contributed by atoms with Gasteiger partial charge in [0.05, 0.1) is 6.54 Å². The van der Waals surface area contributed by atoms with Crippen LogP contribution in [0.5, 0.6) is 17.2 Å². The third kappa shape index (κ3) is 3.13. The lowest BCUT2D eigenvalue weighted by molar-refractivity contribution is -0.131. The highest BCUT2D eigenvalue weighted by Crippen LogP contribution is 2.36. The predicted octanol–water partition coefficient (Wildman–Crippen LogP) is 2.61. The molecule has 0 saturated carbocycles. The molecule has 2 aliphatic heterocycles. The molecule has 7 nitrogen and oxygen atoms in total. The van der Waals surface area contributed by atoms with Crippen LogP contribution in [-0.4, -0.2) is 43.2 Å². The fourth-order valence-corrected chi connectivity index (χ4v) is 3.42. The number of amides is 3. The summed E-state index contributed by atoms with van der Waals surface area (Å²) < 4.78 is 16.9. The normalized spacial score (nSPS) is 20.9. The smallest absolute Gasteiger partial charge is 0.325 e. The molecule has 1 saturated heterocycles. The highest BCUT2D eigenvalue weighted by atomic mass is 16.6. The molecule has 0 unspecified atom stereocenters. The van der Waals surface area contributed by atoms with Crippen LogP contribution in [0.3, 0.4) is 0 Å². The molecular weight excluding hydrogens is 360 g/mol. The lowest BCUT2D eigenvalue weighted by atomic mass is 9.91. The van der Waals surface area contributed by atoms with Gasteiger partial charge in [0.1, 0.15) is 31.1 Å². The highest BCUT2D eigenvalue weighted by molar-refractivity contribution is 6.07. The average molecular weight is 382 g/mol. The summed E-state index contributed by atoms with van der Waals surface area (Å²) in [6.45, 7) is 4.98. The summed E-state index contributed by atoms with van der Waals surface area (Å²) >= 11 is 0. The van der Waals surface area contributed by atoms with E-state index in [1.54, 1.807) is 25.1 Å². The van der Waals surface area contributed by atoms with Gasteiger partial charge < -0.3 is 19.5 Å². The number of para-hydroxylation sites is 1. The van der Waals surface area contributed by atoms with E-state index in [9.17, 15) is 9.59 Å². The standard InChI is InChI=1S/C21H22N2O5/c1-14-5-3-4-6-16(14)26-10-9-23-19(24)21(2,22-20(23)25)15-7-8-17-18(13-15)28-12-11-27-17/h3-8,13H,9-12H2,1-2H3,(H,22,25)/t21-/m1/s1. The van der Waals surface area contributed by atoms with Crippen LogP contribution in [0.4, 0.5) is 4.79 Å². The van der Waals surface area contributed by atoms with E-state index >= 15 is 0 Å². The number of aryl methyl sites for hydroxylation is 1. The van der Waals surface area contributed by atoms with E-state index in [-0.39, 0.29) is 19.1 Å². The molecule has 0 aromatic heterocycles. The number of ether oxygens (including phenoxy) is 3. The first-order valence-corrected chi connectivity index (χ1v) is 9.22. The molecule has 4 rings (SSSR count). The minimum Gasteiger partial charge on any atom is -0.491 e. The topological polar surface area (TPSA) is 77.1 Å². The second-order valence-electron chi connectivity index (χ2n) is 6.98. The Balaban J connectivity index is 1.48. The Morgan fingerprint density at radius 2 is 1.86 bits per heavy atom. The maximum absolute atomic E-state index is 13.0. The van der Waals surface area contributed by atoms with Crippen molar-refractivity contribution in [3.05, 3.63) is 53.6 Å². The van der Waals surface area contributed by atoms with Crippen LogP contribution in [0, 0.1) is 6.92 Å². The van der Waals surface area contributed by atoms with Gasteiger partial charge in [-0.25, -0.2) is 4.79 Å². The third-order valence-electron chi connectivity index (χ3n) is 5.06. The number of carbonyl (C=O) groups is 2. The van der Waals surface area contributed by atoms with Crippen LogP contribution in [0.2, 0.25) is 0 Å². The van der Waals surface area contributed by atoms with Crippen molar-refractivity contribution in [3.63, 3.8) is 0 Å². The van der Waals surface area contributed by atoms with Crippen LogP contribution >= 0.6 is 0 Å². The van der Waals surface area contributed by atoms with Crippen LogP contribution in [0.25, 0.3) is 0 Å². The number of benzene rings is 2. The molecule has 2 heterocycles. The predicted molar refractivity (Wildman–Crippen MR) is 102 cm³/mol. The fraction of sp³-hybridized carbons (Fsp3) is 0.333. The first-order valence-electron chi connectivity index (χ1n) is 9.22. The second-order valence-corrected chi connectivity index (χ2v) is 6.98. The largest absolute Gasteiger partial charge is 0.491 e. The van der Waals surface area contributed by atoms with Crippen molar-refractivity contribution in [1.82, 2.24) is 10.2 Å². The van der Waals surface area contributed by atoms with Gasteiger partial charge in [-0.3, -0.25) is 9.69 Å². The lowest BCUT2D eigenvalue weighted by Gasteiger charge is -2.25. The van der Waals surface area contributed by atoms with Crippen molar-refractivity contribution in [2.24, 2.45) is 0 Å². The van der Waals surface area contributed by atoms with Crippen LogP contribution in [-0.2, 0) is 10.3 Å². The summed E-state index contributed by atoms with van der Waals surface area (Å²) in [5, 5.41) is 2.80. The summed E-state index contributed by atoms with van der Waals surface area (Å²) in [6.07, 6.45) is 0. The quantitative estimate of drug-likeness (QED) is 0.805. The number of hydrogen-bond donors (Lipinski definition) is 1. The zero-order valence-electron chi connectivity index (χ0n) is 15.9. The number of nitrogens with zero attached hydrogens (tertiary/aromatic N) is 1. The molecule has 146 valence electrons. The summed E-state index contributed by atoms with van der Waals surface area (Å²) in [6, 6.07) is 12.5. The minimum absolute atomic E-state index is 0.166. The van der Waals surface area contributed by atoms with E-state index in [4.69, 9.17) is 14.2 Å². The molecule has 3 amide bonds. The van der Waals surface area contributed by atoms with Gasteiger partial charge in [-0.2, -0.15) is 0 Å². The van der Waals surface area contributed by atoms with E-state index in [1.165, 1.54) is 4.90 Å². The molecule has 2 aromatic carbocycles. The first-order chi connectivity index (χ1) is 13.5. The van der Waals surface area contributed by atoms with Gasteiger partial charge in [-0.05, 0) is 43.2 Å². The van der Waals surface area contributed by atoms with E-state index in [0.29, 0.717) is 30.3 Å². The van der Waals surface area contributed by atoms with Gasteiger partial charge in [0.2, 0.25) is 0 Å². The van der Waals surface area contributed by atoms with Crippen molar-refractivity contribution < 1.29 is 23.8 Å². The van der Waals surface area contributed by atoms with Crippen LogP contribution < -0.4 is 19.5 Å². The Bertz CT molecular complexity index is 929. The number of fused-ring (bicyclic) bond motifs is 1. The molecule has 2 aliphatic rings. The number of hydrogen-bond acceptors (Lipinski definition) is 5. The Morgan fingerprint density at radius 1 is 1.11 bits per heavy atom. The number of urea groups is 1. The second kappa shape index (κ2) is 7.07. The Labute approximate surface area is 163 Å². The summed E-state index contributed by atoms with van der Waals surface area (Å²) in [4.78, 5) is 26.7. The van der Waals surface area contributed by atoms with E-state index in [2.05, 4.69) is 5.32 Å². The van der Waals surface area contributed by atoms with Crippen LogP contribution in [0.1, 0.15) is 18.1 Å². The number of nitrogens with one attached hydrogen (secondary N) is 1. The van der Waals surface area contributed by atoms with E-state index in [0.717, 1.165) is 11.3 Å². The molecule has 0 bridgehead atoms. The summed E-state index contributed by atoms with van der Waals surface area (Å²) in [7, 11) is 0. The highest BCUT2D eigenvalue weighted by Gasteiger charge is 2.49. The maximum atomic E-state index is 13.0. The van der Waals surface area contributed by atoms with Crippen molar-refractivity contribution in [3.8, 4) is 17.2 Å². The van der Waals surface area contributed by atoms with Crippen molar-refractivity contribution in [1.29, 1.82) is 0 Å². The third-order valence-corrected chi connectivity index (χ3v) is 5.06. The number of rotatable bonds is 5. The van der Waals surface area contributed by atoms with Gasteiger partial charge in [0.15, 0.2) is 11.5 Å². The molecule has 2 aromatic rings. The minimum atomic E-state index is -1.16. The number of carbonyl (C=O) groups excluding carboxylic acids is 2. The van der Waals surface area contributed by atoms with Crippen LogP contribution in [0.15, 0.2) is 42.5 Å². The Hall–Kier alpha value is -3.22. The molecule has 0 radical (unpaired) electrons. The lowest BCUT2D eigenvalue weighted by Crippen LogP contribution is -2.41. The zero-order valence-corrected chi connectivity index (χ0v) is 15.9. The zero-order chi connectivity index (χ0) is 19.7. The van der Waals surface area contributed by atoms with Gasteiger partial charge in [0, 0.05) is 0 Å². The van der Waals surface area contributed by atoms with E-state index < -0.39 is 11.6 Å². The van der Waals surface area contributed by atoms with Crippen molar-refractivity contribution >= 4 is 11.9 Å².